The third kappa shape index (κ3) is 4.72. The van der Waals surface area contributed by atoms with Gasteiger partial charge in [0.25, 0.3) is 5.91 Å². The summed E-state index contributed by atoms with van der Waals surface area (Å²) in [7, 11) is 1.60. The first-order valence-electron chi connectivity index (χ1n) is 12.9. The molecule has 0 aliphatic carbocycles. The molecule has 1 amide bonds. The van der Waals surface area contributed by atoms with Crippen molar-refractivity contribution >= 4 is 16.9 Å². The van der Waals surface area contributed by atoms with Crippen LogP contribution in [0.5, 0.6) is 11.5 Å². The van der Waals surface area contributed by atoms with E-state index in [0.29, 0.717) is 47.7 Å². The Morgan fingerprint density at radius 3 is 2.44 bits per heavy atom. The van der Waals surface area contributed by atoms with Crippen LogP contribution in [0.25, 0.3) is 11.0 Å². The van der Waals surface area contributed by atoms with Crippen LogP contribution in [0.3, 0.4) is 0 Å². The van der Waals surface area contributed by atoms with Crippen LogP contribution in [0.1, 0.15) is 67.4 Å². The predicted octanol–water partition coefficient (Wildman–Crippen LogP) is 5.04. The van der Waals surface area contributed by atoms with Gasteiger partial charge in [-0.3, -0.25) is 9.59 Å². The van der Waals surface area contributed by atoms with Crippen LogP contribution in [0.4, 0.5) is 0 Å². The molecule has 192 valence electrons. The lowest BCUT2D eigenvalue weighted by molar-refractivity contribution is 0.0708. The van der Waals surface area contributed by atoms with Gasteiger partial charge in [0.05, 0.1) is 30.7 Å². The van der Waals surface area contributed by atoms with Gasteiger partial charge in [-0.15, -0.1) is 0 Å². The van der Waals surface area contributed by atoms with Crippen LogP contribution in [-0.4, -0.2) is 55.6 Å². The summed E-state index contributed by atoms with van der Waals surface area (Å²) in [6.07, 6.45) is 1.68. The van der Waals surface area contributed by atoms with Crippen LogP contribution in [0.15, 0.2) is 45.6 Å². The minimum atomic E-state index is -0.567. The molecule has 1 unspecified atom stereocenters. The summed E-state index contributed by atoms with van der Waals surface area (Å²) in [5.74, 6) is 1.09. The summed E-state index contributed by atoms with van der Waals surface area (Å²) in [6, 6.07) is 10.7. The minimum absolute atomic E-state index is 0.131. The Hall–Kier alpha value is -3.32. The summed E-state index contributed by atoms with van der Waals surface area (Å²) < 4.78 is 17.6. The van der Waals surface area contributed by atoms with Gasteiger partial charge in [0.15, 0.2) is 16.9 Å². The van der Waals surface area contributed by atoms with Crippen molar-refractivity contribution in [1.82, 2.24) is 9.80 Å². The van der Waals surface area contributed by atoms with Crippen molar-refractivity contribution in [2.24, 2.45) is 0 Å². The van der Waals surface area contributed by atoms with E-state index in [1.54, 1.807) is 18.1 Å². The van der Waals surface area contributed by atoms with E-state index < -0.39 is 6.04 Å². The van der Waals surface area contributed by atoms with E-state index in [-0.39, 0.29) is 17.1 Å². The number of carbonyl (C=O) groups is 1. The van der Waals surface area contributed by atoms with Crippen LogP contribution < -0.4 is 14.9 Å². The highest BCUT2D eigenvalue weighted by molar-refractivity contribution is 5.99. The lowest BCUT2D eigenvalue weighted by Gasteiger charge is -2.28. The molecule has 0 saturated heterocycles. The van der Waals surface area contributed by atoms with Crippen LogP contribution in [-0.2, 0) is 6.42 Å². The largest absolute Gasteiger partial charge is 0.493 e. The zero-order chi connectivity index (χ0) is 25.8. The molecule has 2 aromatic carbocycles. The number of benzene rings is 2. The van der Waals surface area contributed by atoms with Gasteiger partial charge in [-0.1, -0.05) is 39.8 Å². The SMILES string of the molecule is CCCOc1ccc(C2c3c(oc4ccc(CC)cc4c3=O)C(=O)N2CCN(CC)CC)cc1OC. The number of aryl methyl sites for hydroxylation is 1. The topological polar surface area (TPSA) is 72.2 Å². The zero-order valence-corrected chi connectivity index (χ0v) is 21.9. The molecule has 0 spiro atoms. The molecule has 1 aliphatic rings. The molecule has 0 saturated carbocycles. The number of carbonyl (C=O) groups excluding carboxylic acids is 1. The average Bonchev–Trinajstić information content (AvgIpc) is 3.19. The van der Waals surface area contributed by atoms with E-state index in [9.17, 15) is 9.59 Å². The van der Waals surface area contributed by atoms with Crippen molar-refractivity contribution in [3.05, 3.63) is 69.1 Å². The normalized spacial score (nSPS) is 15.1. The summed E-state index contributed by atoms with van der Waals surface area (Å²) in [6.45, 7) is 11.8. The number of nitrogens with zero attached hydrogens (tertiary/aromatic N) is 2. The Morgan fingerprint density at radius 2 is 1.78 bits per heavy atom. The molecule has 36 heavy (non-hydrogen) atoms. The molecule has 7 heteroatoms. The molecule has 1 atom stereocenters. The number of hydrogen-bond donors (Lipinski definition) is 0. The Morgan fingerprint density at radius 1 is 1.00 bits per heavy atom. The van der Waals surface area contributed by atoms with E-state index in [2.05, 4.69) is 18.7 Å². The molecule has 2 heterocycles. The predicted molar refractivity (Wildman–Crippen MR) is 141 cm³/mol. The van der Waals surface area contributed by atoms with Crippen molar-refractivity contribution in [2.45, 2.75) is 46.6 Å². The van der Waals surface area contributed by atoms with Gasteiger partial charge in [-0.25, -0.2) is 0 Å². The van der Waals surface area contributed by atoms with Gasteiger partial charge >= 0.3 is 0 Å². The Bertz CT molecular complexity index is 1290. The minimum Gasteiger partial charge on any atom is -0.493 e. The summed E-state index contributed by atoms with van der Waals surface area (Å²) >= 11 is 0. The van der Waals surface area contributed by atoms with Crippen LogP contribution in [0, 0.1) is 0 Å². The summed E-state index contributed by atoms with van der Waals surface area (Å²) in [5.41, 5.74) is 2.52. The van der Waals surface area contributed by atoms with Crippen molar-refractivity contribution in [3.63, 3.8) is 0 Å². The number of rotatable bonds is 11. The van der Waals surface area contributed by atoms with Crippen molar-refractivity contribution in [3.8, 4) is 11.5 Å². The van der Waals surface area contributed by atoms with Gasteiger partial charge in [-0.05, 0) is 61.3 Å². The molecular weight excluding hydrogens is 456 g/mol. The summed E-state index contributed by atoms with van der Waals surface area (Å²) in [4.78, 5) is 31.6. The average molecular weight is 493 g/mol. The lowest BCUT2D eigenvalue weighted by atomic mass is 9.97. The van der Waals surface area contributed by atoms with Crippen molar-refractivity contribution in [1.29, 1.82) is 0 Å². The smallest absolute Gasteiger partial charge is 0.290 e. The molecule has 0 radical (unpaired) electrons. The first-order valence-corrected chi connectivity index (χ1v) is 12.9. The second kappa shape index (κ2) is 11.2. The fraction of sp³-hybridized carbons (Fsp3) is 0.448. The highest BCUT2D eigenvalue weighted by Gasteiger charge is 2.43. The van der Waals surface area contributed by atoms with Gasteiger partial charge in [0.1, 0.15) is 5.58 Å². The van der Waals surface area contributed by atoms with Gasteiger partial charge in [-0.2, -0.15) is 0 Å². The molecular formula is C29H36N2O5. The highest BCUT2D eigenvalue weighted by atomic mass is 16.5. The molecule has 1 aliphatic heterocycles. The number of ether oxygens (including phenoxy) is 2. The van der Waals surface area contributed by atoms with E-state index in [4.69, 9.17) is 13.9 Å². The fourth-order valence-electron chi connectivity index (χ4n) is 4.84. The Labute approximate surface area is 212 Å². The second-order valence-electron chi connectivity index (χ2n) is 9.04. The first kappa shape index (κ1) is 25.8. The fourth-order valence-corrected chi connectivity index (χ4v) is 4.84. The molecule has 0 bridgehead atoms. The third-order valence-electron chi connectivity index (χ3n) is 6.96. The zero-order valence-electron chi connectivity index (χ0n) is 21.9. The number of fused-ring (bicyclic) bond motifs is 2. The summed E-state index contributed by atoms with van der Waals surface area (Å²) in [5, 5.41) is 0.506. The van der Waals surface area contributed by atoms with Crippen molar-refractivity contribution < 1.29 is 18.7 Å². The number of hydrogen-bond acceptors (Lipinski definition) is 6. The first-order chi connectivity index (χ1) is 17.5. The molecule has 0 fully saturated rings. The van der Waals surface area contributed by atoms with Gasteiger partial charge in [0, 0.05) is 13.1 Å². The standard InChI is InChI=1S/C29H36N2O5/c1-6-16-35-23-13-11-20(18-24(23)34-5)26-25-27(32)21-17-19(7-2)10-12-22(21)36-28(25)29(33)31(26)15-14-30(8-3)9-4/h10-13,17-18,26H,6-9,14-16H2,1-5H3. The lowest BCUT2D eigenvalue weighted by Crippen LogP contribution is -2.37. The van der Waals surface area contributed by atoms with Gasteiger partial charge in [0.2, 0.25) is 5.76 Å². The molecule has 3 aromatic rings. The van der Waals surface area contributed by atoms with Crippen molar-refractivity contribution in [2.75, 3.05) is 39.9 Å². The maximum absolute atomic E-state index is 13.9. The molecule has 1 aromatic heterocycles. The quantitative estimate of drug-likeness (QED) is 0.373. The van der Waals surface area contributed by atoms with E-state index >= 15 is 0 Å². The maximum atomic E-state index is 13.9. The molecule has 7 nitrogen and oxygen atoms in total. The number of amides is 1. The van der Waals surface area contributed by atoms with Crippen LogP contribution >= 0.6 is 0 Å². The second-order valence-corrected chi connectivity index (χ2v) is 9.04. The van der Waals surface area contributed by atoms with Gasteiger partial charge < -0.3 is 23.7 Å². The maximum Gasteiger partial charge on any atom is 0.290 e. The molecule has 4 rings (SSSR count). The Balaban J connectivity index is 1.87. The van der Waals surface area contributed by atoms with Crippen LogP contribution in [0.2, 0.25) is 0 Å². The van der Waals surface area contributed by atoms with E-state index in [1.165, 1.54) is 0 Å². The monoisotopic (exact) mass is 492 g/mol. The Kier molecular flexibility index (Phi) is 7.99. The van der Waals surface area contributed by atoms with E-state index in [0.717, 1.165) is 37.1 Å². The molecule has 0 N–H and O–H groups in total. The van der Waals surface area contributed by atoms with E-state index in [1.807, 2.05) is 44.2 Å². The number of methoxy groups -OCH3 is 1. The highest BCUT2D eigenvalue weighted by Crippen LogP contribution is 2.41. The third-order valence-corrected chi connectivity index (χ3v) is 6.96. The number of likely N-dealkylation sites (N-methyl/N-ethyl adjacent to an activating group) is 1.